The number of nitrogens with zero attached hydrogens (tertiary/aromatic N) is 1. The maximum Gasteiger partial charge on any atom is 0.235 e. The van der Waals surface area contributed by atoms with Gasteiger partial charge < -0.3 is 0 Å². The summed E-state index contributed by atoms with van der Waals surface area (Å²) in [6.45, 7) is 0.403. The van der Waals surface area contributed by atoms with Crippen LogP contribution in [-0.4, -0.2) is 6.08 Å². The van der Waals surface area contributed by atoms with Crippen molar-refractivity contribution in [1.29, 1.82) is 0 Å². The van der Waals surface area contributed by atoms with Crippen molar-refractivity contribution >= 4 is 17.7 Å². The maximum atomic E-state index is 9.96. The minimum Gasteiger partial charge on any atom is -0.211 e. The van der Waals surface area contributed by atoms with Gasteiger partial charge in [0.05, 0.1) is 6.54 Å². The molecule has 72 valence electrons. The van der Waals surface area contributed by atoms with Gasteiger partial charge in [0.15, 0.2) is 0 Å². The zero-order chi connectivity index (χ0) is 9.97. The molecule has 0 unspecified atom stereocenters. The van der Waals surface area contributed by atoms with Gasteiger partial charge in [-0.1, -0.05) is 23.7 Å². The van der Waals surface area contributed by atoms with Crippen LogP contribution in [0.15, 0.2) is 23.2 Å². The van der Waals surface area contributed by atoms with Gasteiger partial charge in [-0.3, -0.25) is 0 Å². The lowest BCUT2D eigenvalue weighted by Crippen LogP contribution is -1.87. The molecule has 1 aliphatic carbocycles. The Bertz CT molecular complexity index is 392. The van der Waals surface area contributed by atoms with Crippen molar-refractivity contribution in [3.05, 3.63) is 34.3 Å². The van der Waals surface area contributed by atoms with Crippen molar-refractivity contribution in [2.75, 3.05) is 0 Å². The second-order valence-corrected chi connectivity index (χ2v) is 3.94. The molecule has 1 fully saturated rings. The Labute approximate surface area is 87.6 Å². The summed E-state index contributed by atoms with van der Waals surface area (Å²) >= 11 is 6.06. The highest BCUT2D eigenvalue weighted by molar-refractivity contribution is 6.31. The van der Waals surface area contributed by atoms with E-state index >= 15 is 0 Å². The van der Waals surface area contributed by atoms with E-state index in [1.165, 1.54) is 24.5 Å². The summed E-state index contributed by atoms with van der Waals surface area (Å²) < 4.78 is 0. The van der Waals surface area contributed by atoms with Crippen molar-refractivity contribution in [3.8, 4) is 0 Å². The van der Waals surface area contributed by atoms with Crippen LogP contribution in [0.3, 0.4) is 0 Å². The van der Waals surface area contributed by atoms with E-state index < -0.39 is 0 Å². The van der Waals surface area contributed by atoms with E-state index in [4.69, 9.17) is 11.6 Å². The SMILES string of the molecule is O=C=NCc1ccc(Cl)c(C2CC2)c1. The summed E-state index contributed by atoms with van der Waals surface area (Å²) in [6, 6.07) is 5.82. The smallest absolute Gasteiger partial charge is 0.211 e. The number of halogens is 1. The first-order valence-electron chi connectivity index (χ1n) is 4.63. The second kappa shape index (κ2) is 3.95. The molecule has 0 aromatic heterocycles. The summed E-state index contributed by atoms with van der Waals surface area (Å²) in [5.74, 6) is 0.627. The topological polar surface area (TPSA) is 29.4 Å². The molecule has 2 rings (SSSR count). The molecule has 0 heterocycles. The average molecular weight is 208 g/mol. The Balaban J connectivity index is 2.25. The number of hydrogen-bond donors (Lipinski definition) is 0. The summed E-state index contributed by atoms with van der Waals surface area (Å²) in [5, 5.41) is 0.825. The predicted octanol–water partition coefficient (Wildman–Crippen LogP) is 3.05. The summed E-state index contributed by atoms with van der Waals surface area (Å²) in [4.78, 5) is 13.5. The number of hydrogen-bond acceptors (Lipinski definition) is 2. The van der Waals surface area contributed by atoms with Crippen LogP contribution < -0.4 is 0 Å². The molecule has 3 heteroatoms. The first-order chi connectivity index (χ1) is 6.81. The Morgan fingerprint density at radius 1 is 1.50 bits per heavy atom. The molecule has 1 aromatic rings. The highest BCUT2D eigenvalue weighted by atomic mass is 35.5. The molecule has 0 amide bonds. The molecular weight excluding hydrogens is 198 g/mol. The Morgan fingerprint density at radius 3 is 2.93 bits per heavy atom. The van der Waals surface area contributed by atoms with E-state index in [2.05, 4.69) is 4.99 Å². The third-order valence-corrected chi connectivity index (χ3v) is 2.75. The van der Waals surface area contributed by atoms with Crippen molar-refractivity contribution in [2.24, 2.45) is 4.99 Å². The minimum atomic E-state index is 0.403. The van der Waals surface area contributed by atoms with Crippen LogP contribution in [0.5, 0.6) is 0 Å². The first kappa shape index (κ1) is 9.45. The van der Waals surface area contributed by atoms with Gasteiger partial charge in [0.1, 0.15) is 0 Å². The third kappa shape index (κ3) is 2.03. The van der Waals surface area contributed by atoms with Crippen molar-refractivity contribution < 1.29 is 4.79 Å². The van der Waals surface area contributed by atoms with E-state index in [9.17, 15) is 4.79 Å². The van der Waals surface area contributed by atoms with Gasteiger partial charge >= 0.3 is 0 Å². The Morgan fingerprint density at radius 2 is 2.29 bits per heavy atom. The summed E-state index contributed by atoms with van der Waals surface area (Å²) in [6.07, 6.45) is 3.98. The van der Waals surface area contributed by atoms with Gasteiger partial charge in [-0.2, -0.15) is 0 Å². The van der Waals surface area contributed by atoms with Crippen LogP contribution in [0.2, 0.25) is 5.02 Å². The number of isocyanates is 1. The fraction of sp³-hybridized carbons (Fsp3) is 0.364. The lowest BCUT2D eigenvalue weighted by atomic mass is 10.1. The molecule has 0 aliphatic heterocycles. The molecule has 1 aliphatic rings. The Hall–Kier alpha value is -1.11. The fourth-order valence-corrected chi connectivity index (χ4v) is 1.79. The monoisotopic (exact) mass is 207 g/mol. The van der Waals surface area contributed by atoms with Crippen molar-refractivity contribution in [1.82, 2.24) is 0 Å². The quantitative estimate of drug-likeness (QED) is 0.553. The molecule has 1 saturated carbocycles. The standard InChI is InChI=1S/C11H10ClNO/c12-11-4-1-8(6-13-7-14)5-10(11)9-2-3-9/h1,4-5,9H,2-3,6H2. The van der Waals surface area contributed by atoms with E-state index in [-0.39, 0.29) is 0 Å². The largest absolute Gasteiger partial charge is 0.235 e. The van der Waals surface area contributed by atoms with Crippen molar-refractivity contribution in [3.63, 3.8) is 0 Å². The molecule has 1 aromatic carbocycles. The molecule has 0 atom stereocenters. The molecule has 0 bridgehead atoms. The lowest BCUT2D eigenvalue weighted by molar-refractivity contribution is 0.563. The zero-order valence-corrected chi connectivity index (χ0v) is 8.42. The highest BCUT2D eigenvalue weighted by Crippen LogP contribution is 2.43. The van der Waals surface area contributed by atoms with E-state index in [0.717, 1.165) is 10.6 Å². The molecule has 0 N–H and O–H groups in total. The van der Waals surface area contributed by atoms with Crippen LogP contribution in [-0.2, 0) is 11.3 Å². The molecule has 14 heavy (non-hydrogen) atoms. The van der Waals surface area contributed by atoms with E-state index in [1.807, 2.05) is 18.2 Å². The van der Waals surface area contributed by atoms with Gasteiger partial charge in [0, 0.05) is 5.02 Å². The number of carbonyl (C=O) groups excluding carboxylic acids is 1. The van der Waals surface area contributed by atoms with Gasteiger partial charge in [-0.05, 0) is 36.0 Å². The van der Waals surface area contributed by atoms with E-state index in [0.29, 0.717) is 12.5 Å². The highest BCUT2D eigenvalue weighted by Gasteiger charge is 2.25. The summed E-state index contributed by atoms with van der Waals surface area (Å²) in [5.41, 5.74) is 2.23. The van der Waals surface area contributed by atoms with Gasteiger partial charge in [-0.25, -0.2) is 9.79 Å². The minimum absolute atomic E-state index is 0.403. The normalized spacial score (nSPS) is 14.9. The Kier molecular flexibility index (Phi) is 2.67. The summed E-state index contributed by atoms with van der Waals surface area (Å²) in [7, 11) is 0. The van der Waals surface area contributed by atoms with Gasteiger partial charge in [0.2, 0.25) is 6.08 Å². The molecule has 2 nitrogen and oxygen atoms in total. The molecular formula is C11H10ClNO. The second-order valence-electron chi connectivity index (χ2n) is 3.54. The third-order valence-electron chi connectivity index (χ3n) is 2.40. The average Bonchev–Trinajstić information content (AvgIpc) is 3.00. The molecule has 0 spiro atoms. The maximum absolute atomic E-state index is 9.96. The number of rotatable bonds is 3. The van der Waals surface area contributed by atoms with Crippen LogP contribution >= 0.6 is 11.6 Å². The number of aliphatic imine (C=N–C) groups is 1. The lowest BCUT2D eigenvalue weighted by Gasteiger charge is -2.03. The van der Waals surface area contributed by atoms with E-state index in [1.54, 1.807) is 0 Å². The van der Waals surface area contributed by atoms with Crippen LogP contribution in [0, 0.1) is 0 Å². The van der Waals surface area contributed by atoms with Crippen LogP contribution in [0.25, 0.3) is 0 Å². The van der Waals surface area contributed by atoms with Crippen molar-refractivity contribution in [2.45, 2.75) is 25.3 Å². The fourth-order valence-electron chi connectivity index (χ4n) is 1.52. The predicted molar refractivity (Wildman–Crippen MR) is 55.3 cm³/mol. The van der Waals surface area contributed by atoms with Gasteiger partial charge in [-0.15, -0.1) is 0 Å². The van der Waals surface area contributed by atoms with Crippen LogP contribution in [0.1, 0.15) is 29.9 Å². The number of benzene rings is 1. The molecule has 0 radical (unpaired) electrons. The zero-order valence-electron chi connectivity index (χ0n) is 7.66. The molecule has 0 saturated heterocycles. The van der Waals surface area contributed by atoms with Gasteiger partial charge in [0.25, 0.3) is 0 Å². The van der Waals surface area contributed by atoms with Crippen LogP contribution in [0.4, 0.5) is 0 Å². The first-order valence-corrected chi connectivity index (χ1v) is 5.01.